The van der Waals surface area contributed by atoms with Crippen molar-refractivity contribution in [2.75, 3.05) is 5.32 Å². The van der Waals surface area contributed by atoms with Crippen LogP contribution < -0.4 is 5.32 Å². The van der Waals surface area contributed by atoms with Crippen LogP contribution in [-0.4, -0.2) is 44.3 Å². The van der Waals surface area contributed by atoms with Crippen molar-refractivity contribution in [3.05, 3.63) is 91.3 Å². The summed E-state index contributed by atoms with van der Waals surface area (Å²) in [6, 6.07) is 1.52. The fraction of sp³-hybridized carbons (Fsp3) is 0. The van der Waals surface area contributed by atoms with Crippen molar-refractivity contribution >= 4 is 45.8 Å². The van der Waals surface area contributed by atoms with E-state index in [1.807, 2.05) is 0 Å². The molecule has 0 unspecified atom stereocenters. The highest BCUT2D eigenvalue weighted by Crippen LogP contribution is 2.42. The second-order valence-electron chi connectivity index (χ2n) is 6.35. The Hall–Kier alpha value is -6.22. The Morgan fingerprint density at radius 1 is 0.611 bits per heavy atom. The summed E-state index contributed by atoms with van der Waals surface area (Å²) < 4.78 is 0.356. The molecular weight excluding hydrogens is 500 g/mol. The minimum atomic E-state index is -1.21. The van der Waals surface area contributed by atoms with Crippen LogP contribution in [-0.2, 0) is 0 Å². The average molecular weight is 506 g/mol. The van der Waals surface area contributed by atoms with Crippen molar-refractivity contribution in [3.63, 3.8) is 0 Å². The molecule has 0 fully saturated rings. The van der Waals surface area contributed by atoms with Crippen LogP contribution in [0.3, 0.4) is 0 Å². The van der Waals surface area contributed by atoms with E-state index in [0.29, 0.717) is 35.3 Å². The molecule has 0 aliphatic heterocycles. The Morgan fingerprint density at radius 3 is 1.36 bits per heavy atom. The van der Waals surface area contributed by atoms with Gasteiger partial charge in [-0.15, -0.1) is 0 Å². The monoisotopic (exact) mass is 506 g/mol. The highest BCUT2D eigenvalue weighted by Gasteiger charge is 2.36. The van der Waals surface area contributed by atoms with Gasteiger partial charge in [-0.3, -0.25) is 60.7 Å². The Bertz CT molecular complexity index is 1430. The summed E-state index contributed by atoms with van der Waals surface area (Å²) in [6.45, 7) is 0. The van der Waals surface area contributed by atoms with Gasteiger partial charge in [0, 0.05) is 0 Å². The molecule has 0 aliphatic carbocycles. The number of benzene rings is 2. The molecule has 0 atom stereocenters. The zero-order valence-corrected chi connectivity index (χ0v) is 16.8. The number of rotatable bonds is 9. The molecule has 1 heterocycles. The first kappa shape index (κ1) is 24.4. The van der Waals surface area contributed by atoms with E-state index in [1.165, 1.54) is 0 Å². The first-order valence-corrected chi connectivity index (χ1v) is 8.73. The van der Waals surface area contributed by atoms with Gasteiger partial charge < -0.3 is 5.32 Å². The normalized spacial score (nSPS) is 10.4. The van der Waals surface area contributed by atoms with Gasteiger partial charge in [-0.2, -0.15) is 14.8 Å². The lowest BCUT2D eigenvalue weighted by Gasteiger charge is -2.10. The Labute approximate surface area is 193 Å². The Morgan fingerprint density at radius 2 is 1.00 bits per heavy atom. The van der Waals surface area contributed by atoms with Crippen molar-refractivity contribution in [2.45, 2.75) is 0 Å². The fourth-order valence-corrected chi connectivity index (χ4v) is 2.91. The van der Waals surface area contributed by atoms with Crippen LogP contribution in [0.1, 0.15) is 0 Å². The minimum Gasteiger partial charge on any atom is -0.313 e. The molecule has 0 spiro atoms. The number of anilines is 2. The molecule has 0 aliphatic rings. The van der Waals surface area contributed by atoms with Crippen LogP contribution in [0.25, 0.3) is 5.69 Å². The minimum absolute atomic E-state index is 0.356. The third-order valence-corrected chi connectivity index (χ3v) is 4.34. The van der Waals surface area contributed by atoms with Gasteiger partial charge >= 0.3 is 22.7 Å². The van der Waals surface area contributed by atoms with Gasteiger partial charge in [0.25, 0.3) is 11.4 Å². The lowest BCUT2D eigenvalue weighted by Crippen LogP contribution is -2.11. The Kier molecular flexibility index (Phi) is 6.08. The molecule has 36 heavy (non-hydrogen) atoms. The predicted molar refractivity (Wildman–Crippen MR) is 111 cm³/mol. The van der Waals surface area contributed by atoms with Crippen molar-refractivity contribution < 1.29 is 29.5 Å². The summed E-state index contributed by atoms with van der Waals surface area (Å²) in [4.78, 5) is 64.7. The molecule has 1 N–H and O–H groups in total. The van der Waals surface area contributed by atoms with Crippen LogP contribution in [0.4, 0.5) is 45.8 Å². The zero-order chi connectivity index (χ0) is 26.9. The standard InChI is InChI=1S/C14H6N10O12/c25-19(26)6-1-8(21(29)30)12(9(2-6)22(31)32)17-14-15-5-16-18(14)13-10(23(33)34)3-7(20(27)28)4-11(13)24(35)36/h1-5H,(H,15,16,17). The van der Waals surface area contributed by atoms with Gasteiger partial charge in [0.2, 0.25) is 11.6 Å². The van der Waals surface area contributed by atoms with E-state index in [9.17, 15) is 60.7 Å². The van der Waals surface area contributed by atoms with E-state index in [2.05, 4.69) is 15.4 Å². The number of aromatic nitrogens is 3. The highest BCUT2D eigenvalue weighted by molar-refractivity contribution is 5.81. The SMILES string of the molecule is O=[N+]([O-])c1cc([N+](=O)[O-])c(Nc2ncnn2-c2c([N+](=O)[O-])cc([N+](=O)[O-])cc2[N+](=O)[O-])c([N+](=O)[O-])c1. The van der Waals surface area contributed by atoms with Crippen molar-refractivity contribution in [3.8, 4) is 5.69 Å². The number of hydrogen-bond acceptors (Lipinski definition) is 15. The summed E-state index contributed by atoms with van der Waals surface area (Å²) in [5, 5.41) is 73.8. The number of nitro groups is 6. The summed E-state index contributed by atoms with van der Waals surface area (Å²) in [7, 11) is 0. The van der Waals surface area contributed by atoms with Crippen LogP contribution >= 0.6 is 0 Å². The molecule has 3 rings (SSSR count). The smallest absolute Gasteiger partial charge is 0.309 e. The van der Waals surface area contributed by atoms with Gasteiger partial charge in [0.05, 0.1) is 53.8 Å². The fourth-order valence-electron chi connectivity index (χ4n) is 2.91. The molecule has 3 aromatic rings. The van der Waals surface area contributed by atoms with Gasteiger partial charge in [0.1, 0.15) is 6.33 Å². The molecule has 22 heteroatoms. The van der Waals surface area contributed by atoms with Crippen molar-refractivity contribution in [1.29, 1.82) is 0 Å². The summed E-state index contributed by atoms with van der Waals surface area (Å²) in [6.07, 6.45) is 0.653. The topological polar surface area (TPSA) is 302 Å². The van der Waals surface area contributed by atoms with Crippen LogP contribution in [0, 0.1) is 60.7 Å². The van der Waals surface area contributed by atoms with E-state index in [4.69, 9.17) is 0 Å². The van der Waals surface area contributed by atoms with Crippen LogP contribution in [0.2, 0.25) is 0 Å². The molecule has 22 nitrogen and oxygen atoms in total. The summed E-state index contributed by atoms with van der Waals surface area (Å²) >= 11 is 0. The number of nitrogens with zero attached hydrogens (tertiary/aromatic N) is 9. The predicted octanol–water partition coefficient (Wildman–Crippen LogP) is 2.46. The van der Waals surface area contributed by atoms with Gasteiger partial charge in [0.15, 0.2) is 5.69 Å². The maximum absolute atomic E-state index is 11.6. The molecule has 184 valence electrons. The quantitative estimate of drug-likeness (QED) is 0.321. The zero-order valence-electron chi connectivity index (χ0n) is 16.8. The van der Waals surface area contributed by atoms with E-state index < -0.39 is 81.0 Å². The molecule has 0 saturated carbocycles. The third-order valence-electron chi connectivity index (χ3n) is 4.34. The molecular formula is C14H6N10O12. The van der Waals surface area contributed by atoms with Gasteiger partial charge in [-0.25, -0.2) is 0 Å². The molecule has 0 saturated heterocycles. The molecule has 1 aromatic heterocycles. The second kappa shape index (κ2) is 8.96. The lowest BCUT2D eigenvalue weighted by molar-refractivity contribution is -0.402. The van der Waals surface area contributed by atoms with Crippen LogP contribution in [0.5, 0.6) is 0 Å². The largest absolute Gasteiger partial charge is 0.313 e. The highest BCUT2D eigenvalue weighted by atomic mass is 16.6. The molecule has 0 bridgehead atoms. The van der Waals surface area contributed by atoms with Crippen molar-refractivity contribution in [1.82, 2.24) is 14.8 Å². The van der Waals surface area contributed by atoms with Crippen molar-refractivity contribution in [2.24, 2.45) is 0 Å². The van der Waals surface area contributed by atoms with E-state index in [-0.39, 0.29) is 0 Å². The molecule has 0 radical (unpaired) electrons. The third kappa shape index (κ3) is 4.34. The number of non-ortho nitro benzene ring substituents is 2. The first-order valence-electron chi connectivity index (χ1n) is 8.73. The summed E-state index contributed by atoms with van der Waals surface area (Å²) in [5.41, 5.74) is -8.75. The first-order chi connectivity index (χ1) is 16.8. The second-order valence-corrected chi connectivity index (χ2v) is 6.35. The number of nitrogens with one attached hydrogen (secondary N) is 1. The molecule has 2 aromatic carbocycles. The van der Waals surface area contributed by atoms with Crippen LogP contribution in [0.15, 0.2) is 30.6 Å². The summed E-state index contributed by atoms with van der Waals surface area (Å²) in [5.74, 6) is -0.782. The maximum atomic E-state index is 11.6. The Balaban J connectivity index is 2.32. The lowest BCUT2D eigenvalue weighted by atomic mass is 10.2. The molecule has 0 amide bonds. The number of nitro benzene ring substituents is 6. The van der Waals surface area contributed by atoms with E-state index >= 15 is 0 Å². The van der Waals surface area contributed by atoms with E-state index in [0.717, 1.165) is 0 Å². The average Bonchev–Trinajstić information content (AvgIpc) is 3.25. The number of hydrogen-bond donors (Lipinski definition) is 1. The maximum Gasteiger partial charge on any atom is 0.309 e. The van der Waals surface area contributed by atoms with Gasteiger partial charge in [-0.1, -0.05) is 0 Å². The van der Waals surface area contributed by atoms with E-state index in [1.54, 1.807) is 0 Å². The van der Waals surface area contributed by atoms with Gasteiger partial charge in [-0.05, 0) is 0 Å².